The summed E-state index contributed by atoms with van der Waals surface area (Å²) in [6.45, 7) is 2.56. The Morgan fingerprint density at radius 1 is 1.15 bits per heavy atom. The second-order valence-corrected chi connectivity index (χ2v) is 10.5. The minimum absolute atomic E-state index is 0.0219. The quantitative estimate of drug-likeness (QED) is 0.195. The molecule has 12 heteroatoms. The van der Waals surface area contributed by atoms with Gasteiger partial charge in [-0.3, -0.25) is 10.1 Å². The van der Waals surface area contributed by atoms with E-state index in [2.05, 4.69) is 15.5 Å². The largest absolute Gasteiger partial charge is 0.490 e. The van der Waals surface area contributed by atoms with Crippen LogP contribution in [0.1, 0.15) is 11.1 Å². The van der Waals surface area contributed by atoms with Crippen LogP contribution in [0.5, 0.6) is 11.5 Å². The monoisotopic (exact) mass is 518 g/mol. The molecule has 0 radical (unpaired) electrons. The molecule has 34 heavy (non-hydrogen) atoms. The van der Waals surface area contributed by atoms with Crippen molar-refractivity contribution < 1.29 is 22.7 Å². The zero-order valence-corrected chi connectivity index (χ0v) is 20.5. The van der Waals surface area contributed by atoms with Gasteiger partial charge >= 0.3 is 0 Å². The van der Waals surface area contributed by atoms with E-state index in [0.717, 1.165) is 11.8 Å². The molecule has 0 aliphatic carbocycles. The fourth-order valence-electron chi connectivity index (χ4n) is 2.58. The van der Waals surface area contributed by atoms with Gasteiger partial charge < -0.3 is 9.47 Å². The van der Waals surface area contributed by atoms with Crippen LogP contribution in [0.3, 0.4) is 0 Å². The summed E-state index contributed by atoms with van der Waals surface area (Å²) in [6.07, 6.45) is 2.38. The highest BCUT2D eigenvalue weighted by Gasteiger charge is 2.17. The molecular formula is C22H19ClN4O5S2. The number of benzene rings is 2. The Morgan fingerprint density at radius 2 is 1.79 bits per heavy atom. The molecule has 0 spiro atoms. The van der Waals surface area contributed by atoms with Crippen molar-refractivity contribution in [3.8, 4) is 17.6 Å². The topological polar surface area (TPSA) is 131 Å². The van der Waals surface area contributed by atoms with E-state index >= 15 is 0 Å². The van der Waals surface area contributed by atoms with Crippen molar-refractivity contribution in [2.75, 3.05) is 24.8 Å². The first-order chi connectivity index (χ1) is 16.2. The third-order valence-corrected chi connectivity index (χ3v) is 7.18. The highest BCUT2D eigenvalue weighted by Crippen LogP contribution is 2.22. The maximum atomic E-state index is 12.3. The van der Waals surface area contributed by atoms with Crippen molar-refractivity contribution in [1.29, 1.82) is 5.26 Å². The number of ether oxygens (including phenoxy) is 2. The summed E-state index contributed by atoms with van der Waals surface area (Å²) in [6, 6.07) is 14.0. The van der Waals surface area contributed by atoms with Crippen LogP contribution in [0.2, 0.25) is 5.02 Å². The average molecular weight is 519 g/mol. The maximum absolute atomic E-state index is 12.3. The number of sulfone groups is 1. The van der Waals surface area contributed by atoms with E-state index in [1.54, 1.807) is 36.4 Å². The SMILES string of the molecule is Cc1cc(OCCOc2ccc(C=C(C#N)C(=O)Nc3nnc(S(C)(=O)=O)s3)cc2)ccc1Cl. The Morgan fingerprint density at radius 3 is 2.38 bits per heavy atom. The number of rotatable bonds is 9. The summed E-state index contributed by atoms with van der Waals surface area (Å²) >= 11 is 6.70. The van der Waals surface area contributed by atoms with E-state index in [0.29, 0.717) is 46.6 Å². The number of nitrogens with one attached hydrogen (secondary N) is 1. The van der Waals surface area contributed by atoms with E-state index in [-0.39, 0.29) is 15.0 Å². The van der Waals surface area contributed by atoms with E-state index < -0.39 is 15.7 Å². The van der Waals surface area contributed by atoms with Gasteiger partial charge in [-0.05, 0) is 54.5 Å². The van der Waals surface area contributed by atoms with Crippen LogP contribution < -0.4 is 14.8 Å². The first-order valence-corrected chi connectivity index (χ1v) is 12.8. The second kappa shape index (κ2) is 11.1. The predicted molar refractivity (Wildman–Crippen MR) is 129 cm³/mol. The Kier molecular flexibility index (Phi) is 8.22. The number of amides is 1. The number of hydrogen-bond donors (Lipinski definition) is 1. The third kappa shape index (κ3) is 7.02. The molecule has 0 unspecified atom stereocenters. The number of hydrogen-bond acceptors (Lipinski definition) is 9. The van der Waals surface area contributed by atoms with Crippen LogP contribution in [-0.4, -0.2) is 44.0 Å². The summed E-state index contributed by atoms with van der Waals surface area (Å²) in [5, 5.41) is 19.5. The molecule has 3 rings (SSSR count). The number of nitrogens with zero attached hydrogens (tertiary/aromatic N) is 3. The Bertz CT molecular complexity index is 1360. The van der Waals surface area contributed by atoms with Gasteiger partial charge in [0.15, 0.2) is 0 Å². The number of carbonyl (C=O) groups is 1. The summed E-state index contributed by atoms with van der Waals surface area (Å²) in [5.41, 5.74) is 1.34. The van der Waals surface area contributed by atoms with E-state index in [9.17, 15) is 18.5 Å². The van der Waals surface area contributed by atoms with E-state index in [1.165, 1.54) is 6.08 Å². The van der Waals surface area contributed by atoms with Gasteiger partial charge in [-0.1, -0.05) is 35.1 Å². The molecule has 2 aromatic carbocycles. The number of aromatic nitrogens is 2. The van der Waals surface area contributed by atoms with Gasteiger partial charge in [0, 0.05) is 11.3 Å². The maximum Gasteiger partial charge on any atom is 0.268 e. The summed E-state index contributed by atoms with van der Waals surface area (Å²) in [4.78, 5) is 12.3. The highest BCUT2D eigenvalue weighted by atomic mass is 35.5. The zero-order chi connectivity index (χ0) is 24.7. The van der Waals surface area contributed by atoms with Gasteiger partial charge in [0.25, 0.3) is 5.91 Å². The first-order valence-electron chi connectivity index (χ1n) is 9.74. The van der Waals surface area contributed by atoms with Crippen LogP contribution in [-0.2, 0) is 14.6 Å². The van der Waals surface area contributed by atoms with Gasteiger partial charge in [-0.25, -0.2) is 8.42 Å². The first kappa shape index (κ1) is 25.2. The second-order valence-electron chi connectivity index (χ2n) is 6.95. The molecule has 0 atom stereocenters. The van der Waals surface area contributed by atoms with Crippen LogP contribution in [0.4, 0.5) is 5.13 Å². The molecule has 1 N–H and O–H groups in total. The van der Waals surface area contributed by atoms with Crippen molar-refractivity contribution in [2.45, 2.75) is 11.3 Å². The highest BCUT2D eigenvalue weighted by molar-refractivity contribution is 7.92. The molecule has 0 saturated carbocycles. The van der Waals surface area contributed by atoms with Crippen molar-refractivity contribution in [3.63, 3.8) is 0 Å². The average Bonchev–Trinajstić information content (AvgIpc) is 3.27. The molecule has 1 aromatic heterocycles. The molecule has 0 saturated heterocycles. The summed E-state index contributed by atoms with van der Waals surface area (Å²) in [7, 11) is -3.53. The molecule has 0 aliphatic heterocycles. The number of carbonyl (C=O) groups excluding carboxylic acids is 1. The lowest BCUT2D eigenvalue weighted by Crippen LogP contribution is -2.13. The third-order valence-electron chi connectivity index (χ3n) is 4.25. The predicted octanol–water partition coefficient (Wildman–Crippen LogP) is 3.91. The van der Waals surface area contributed by atoms with Gasteiger partial charge in [-0.15, -0.1) is 10.2 Å². The molecule has 0 fully saturated rings. The fourth-order valence-corrected chi connectivity index (χ4v) is 4.20. The van der Waals surface area contributed by atoms with Crippen molar-refractivity contribution in [2.24, 2.45) is 0 Å². The van der Waals surface area contributed by atoms with Crippen molar-refractivity contribution >= 4 is 49.9 Å². The fraction of sp³-hybridized carbons (Fsp3) is 0.182. The minimum Gasteiger partial charge on any atom is -0.490 e. The Hall–Kier alpha value is -3.46. The minimum atomic E-state index is -3.53. The molecular weight excluding hydrogens is 500 g/mol. The standard InChI is InChI=1S/C22H19ClN4O5S2/c1-14-11-18(7-8-19(14)23)32-10-9-31-17-5-3-15(4-6-17)12-16(13-24)20(28)25-21-26-27-22(33-21)34(2,29)30/h3-8,11-12H,9-10H2,1-2H3,(H,25,26,28). The van der Waals surface area contributed by atoms with Gasteiger partial charge in [0.1, 0.15) is 36.4 Å². The van der Waals surface area contributed by atoms with Crippen molar-refractivity contribution in [3.05, 3.63) is 64.2 Å². The van der Waals surface area contributed by atoms with E-state index in [4.69, 9.17) is 21.1 Å². The smallest absolute Gasteiger partial charge is 0.268 e. The molecule has 1 heterocycles. The number of halogens is 1. The van der Waals surface area contributed by atoms with Gasteiger partial charge in [-0.2, -0.15) is 5.26 Å². The van der Waals surface area contributed by atoms with Crippen molar-refractivity contribution in [1.82, 2.24) is 10.2 Å². The molecule has 3 aromatic rings. The van der Waals surface area contributed by atoms with E-state index in [1.807, 2.05) is 19.1 Å². The van der Waals surface area contributed by atoms with Crippen LogP contribution in [0, 0.1) is 18.3 Å². The zero-order valence-electron chi connectivity index (χ0n) is 18.1. The Labute approximate surface area is 205 Å². The van der Waals surface area contributed by atoms with Crippen LogP contribution >= 0.6 is 22.9 Å². The molecule has 176 valence electrons. The van der Waals surface area contributed by atoms with Crippen LogP contribution in [0.25, 0.3) is 6.08 Å². The van der Waals surface area contributed by atoms with Gasteiger partial charge in [0.05, 0.1) is 0 Å². The molecule has 9 nitrogen and oxygen atoms in total. The lowest BCUT2D eigenvalue weighted by Gasteiger charge is -2.09. The van der Waals surface area contributed by atoms with Crippen LogP contribution in [0.15, 0.2) is 52.4 Å². The number of nitriles is 1. The Balaban J connectivity index is 1.54. The lowest BCUT2D eigenvalue weighted by atomic mass is 10.1. The normalized spacial score (nSPS) is 11.5. The summed E-state index contributed by atoms with van der Waals surface area (Å²) < 4.78 is 34.0. The molecule has 1 amide bonds. The van der Waals surface area contributed by atoms with Gasteiger partial charge in [0.2, 0.25) is 19.3 Å². The lowest BCUT2D eigenvalue weighted by molar-refractivity contribution is -0.112. The molecule has 0 aliphatic rings. The molecule has 0 bridgehead atoms. The summed E-state index contributed by atoms with van der Waals surface area (Å²) in [5.74, 6) is 0.570. The number of aryl methyl sites for hydroxylation is 1. The number of anilines is 1.